The number of hydrogen-bond donors (Lipinski definition) is 2. The molecule has 1 aromatic carbocycles. The van der Waals surface area contributed by atoms with Crippen LogP contribution in [0.25, 0.3) is 11.0 Å². The van der Waals surface area contributed by atoms with E-state index in [2.05, 4.69) is 15.3 Å². The number of morpholine rings is 1. The van der Waals surface area contributed by atoms with Crippen molar-refractivity contribution in [3.8, 4) is 11.5 Å². The summed E-state index contributed by atoms with van der Waals surface area (Å²) < 4.78 is 17.1. The van der Waals surface area contributed by atoms with Gasteiger partial charge in [-0.25, -0.2) is 4.98 Å². The Morgan fingerprint density at radius 3 is 2.81 bits per heavy atom. The SMILES string of the molecule is c1c2c(cc3[nH]c(CC4CNCCO4)nc13)OCCCO2. The van der Waals surface area contributed by atoms with Crippen LogP contribution >= 0.6 is 0 Å². The van der Waals surface area contributed by atoms with E-state index in [4.69, 9.17) is 14.2 Å². The number of ether oxygens (including phenoxy) is 3. The molecule has 1 atom stereocenters. The quantitative estimate of drug-likeness (QED) is 0.871. The van der Waals surface area contributed by atoms with E-state index in [0.717, 1.165) is 60.9 Å². The minimum Gasteiger partial charge on any atom is -0.489 e. The topological polar surface area (TPSA) is 68.4 Å². The molecule has 2 N–H and O–H groups in total. The Bertz CT molecular complexity index is 591. The number of aromatic amines is 1. The predicted molar refractivity (Wildman–Crippen MR) is 78.0 cm³/mol. The molecule has 112 valence electrons. The second-order valence-electron chi connectivity index (χ2n) is 5.45. The summed E-state index contributed by atoms with van der Waals surface area (Å²) in [6.07, 6.45) is 1.88. The highest BCUT2D eigenvalue weighted by atomic mass is 16.5. The summed E-state index contributed by atoms with van der Waals surface area (Å²) in [7, 11) is 0. The third-order valence-electron chi connectivity index (χ3n) is 3.83. The first-order chi connectivity index (χ1) is 10.4. The van der Waals surface area contributed by atoms with Gasteiger partial charge in [0, 0.05) is 38.1 Å². The van der Waals surface area contributed by atoms with Gasteiger partial charge < -0.3 is 24.5 Å². The molecule has 0 aliphatic carbocycles. The van der Waals surface area contributed by atoms with Crippen LogP contribution in [0.3, 0.4) is 0 Å². The summed E-state index contributed by atoms with van der Waals surface area (Å²) in [5, 5.41) is 3.33. The molecule has 1 unspecified atom stereocenters. The van der Waals surface area contributed by atoms with Crippen molar-refractivity contribution in [1.29, 1.82) is 0 Å². The zero-order valence-electron chi connectivity index (χ0n) is 11.9. The van der Waals surface area contributed by atoms with Gasteiger partial charge in [-0.05, 0) is 0 Å². The fraction of sp³-hybridized carbons (Fsp3) is 0.533. The van der Waals surface area contributed by atoms with Gasteiger partial charge in [0.1, 0.15) is 5.82 Å². The van der Waals surface area contributed by atoms with E-state index >= 15 is 0 Å². The molecule has 1 aromatic heterocycles. The zero-order valence-corrected chi connectivity index (χ0v) is 11.9. The maximum atomic E-state index is 5.72. The number of hydrogen-bond acceptors (Lipinski definition) is 5. The molecule has 0 amide bonds. The number of benzene rings is 1. The van der Waals surface area contributed by atoms with Crippen molar-refractivity contribution in [1.82, 2.24) is 15.3 Å². The van der Waals surface area contributed by atoms with Crippen LogP contribution in [0, 0.1) is 0 Å². The van der Waals surface area contributed by atoms with Gasteiger partial charge in [0.05, 0.1) is 37.0 Å². The number of rotatable bonds is 2. The lowest BCUT2D eigenvalue weighted by Gasteiger charge is -2.22. The van der Waals surface area contributed by atoms with Gasteiger partial charge in [-0.3, -0.25) is 0 Å². The normalized spacial score (nSPS) is 22.2. The highest BCUT2D eigenvalue weighted by molar-refractivity contribution is 5.79. The lowest BCUT2D eigenvalue weighted by atomic mass is 10.2. The fourth-order valence-corrected chi connectivity index (χ4v) is 2.78. The lowest BCUT2D eigenvalue weighted by molar-refractivity contribution is 0.0282. The van der Waals surface area contributed by atoms with Crippen molar-refractivity contribution in [2.75, 3.05) is 32.9 Å². The molecule has 21 heavy (non-hydrogen) atoms. The third-order valence-corrected chi connectivity index (χ3v) is 3.83. The molecule has 0 saturated carbocycles. The minimum atomic E-state index is 0.185. The maximum absolute atomic E-state index is 5.72. The van der Waals surface area contributed by atoms with E-state index < -0.39 is 0 Å². The van der Waals surface area contributed by atoms with Gasteiger partial charge in [0.2, 0.25) is 0 Å². The van der Waals surface area contributed by atoms with Gasteiger partial charge in [-0.1, -0.05) is 0 Å². The van der Waals surface area contributed by atoms with Crippen LogP contribution in [0.15, 0.2) is 12.1 Å². The number of imidazole rings is 1. The van der Waals surface area contributed by atoms with Crippen molar-refractivity contribution in [3.63, 3.8) is 0 Å². The van der Waals surface area contributed by atoms with E-state index in [1.165, 1.54) is 0 Å². The second-order valence-corrected chi connectivity index (χ2v) is 5.45. The van der Waals surface area contributed by atoms with Gasteiger partial charge in [0.15, 0.2) is 11.5 Å². The molecule has 6 nitrogen and oxygen atoms in total. The Labute approximate surface area is 122 Å². The van der Waals surface area contributed by atoms with Crippen LogP contribution in [0.2, 0.25) is 0 Å². The third kappa shape index (κ3) is 2.69. The number of H-pyrrole nitrogens is 1. The van der Waals surface area contributed by atoms with Crippen molar-refractivity contribution >= 4 is 11.0 Å². The van der Waals surface area contributed by atoms with E-state index in [0.29, 0.717) is 13.2 Å². The standard InChI is InChI=1S/C15H19N3O3/c1-3-20-13-7-11-12(8-14(13)21-4-1)18-15(17-11)6-10-9-16-2-5-19-10/h7-8,10,16H,1-6,9H2,(H,17,18). The molecule has 2 aliphatic heterocycles. The Kier molecular flexibility index (Phi) is 3.40. The van der Waals surface area contributed by atoms with E-state index in [1.807, 2.05) is 12.1 Å². The largest absolute Gasteiger partial charge is 0.489 e. The molecular formula is C15H19N3O3. The number of aromatic nitrogens is 2. The molecule has 2 aliphatic rings. The smallest absolute Gasteiger partial charge is 0.163 e. The van der Waals surface area contributed by atoms with Crippen LogP contribution in [-0.4, -0.2) is 49.0 Å². The average molecular weight is 289 g/mol. The molecule has 0 radical (unpaired) electrons. The molecule has 1 saturated heterocycles. The molecule has 0 bridgehead atoms. The summed E-state index contributed by atoms with van der Waals surface area (Å²) in [6, 6.07) is 3.93. The summed E-state index contributed by atoms with van der Waals surface area (Å²) in [6.45, 7) is 3.96. The maximum Gasteiger partial charge on any atom is 0.163 e. The van der Waals surface area contributed by atoms with E-state index in [1.54, 1.807) is 0 Å². The molecule has 6 heteroatoms. The van der Waals surface area contributed by atoms with Gasteiger partial charge in [0.25, 0.3) is 0 Å². The van der Waals surface area contributed by atoms with Crippen molar-refractivity contribution in [2.45, 2.75) is 18.9 Å². The first-order valence-electron chi connectivity index (χ1n) is 7.49. The lowest BCUT2D eigenvalue weighted by Crippen LogP contribution is -2.39. The molecule has 2 aromatic rings. The second kappa shape index (κ2) is 5.54. The van der Waals surface area contributed by atoms with Crippen LogP contribution < -0.4 is 14.8 Å². The Hall–Kier alpha value is -1.79. The molecular weight excluding hydrogens is 270 g/mol. The van der Waals surface area contributed by atoms with Gasteiger partial charge >= 0.3 is 0 Å². The van der Waals surface area contributed by atoms with Crippen molar-refractivity contribution in [2.24, 2.45) is 0 Å². The first-order valence-corrected chi connectivity index (χ1v) is 7.49. The summed E-state index contributed by atoms with van der Waals surface area (Å²) >= 11 is 0. The minimum absolute atomic E-state index is 0.185. The predicted octanol–water partition coefficient (Wildman–Crippen LogP) is 1.26. The molecule has 0 spiro atoms. The number of nitrogens with one attached hydrogen (secondary N) is 2. The fourth-order valence-electron chi connectivity index (χ4n) is 2.78. The number of nitrogens with zero attached hydrogens (tertiary/aromatic N) is 1. The van der Waals surface area contributed by atoms with Crippen LogP contribution in [-0.2, 0) is 11.2 Å². The summed E-state index contributed by atoms with van der Waals surface area (Å²) in [5.41, 5.74) is 1.90. The summed E-state index contributed by atoms with van der Waals surface area (Å²) in [5.74, 6) is 2.53. The van der Waals surface area contributed by atoms with E-state index in [9.17, 15) is 0 Å². The van der Waals surface area contributed by atoms with Crippen molar-refractivity contribution < 1.29 is 14.2 Å². The monoisotopic (exact) mass is 289 g/mol. The zero-order chi connectivity index (χ0) is 14.1. The highest BCUT2D eigenvalue weighted by Crippen LogP contribution is 2.33. The van der Waals surface area contributed by atoms with Gasteiger partial charge in [-0.15, -0.1) is 0 Å². The molecule has 3 heterocycles. The average Bonchev–Trinajstić information content (AvgIpc) is 2.74. The summed E-state index contributed by atoms with van der Waals surface area (Å²) in [4.78, 5) is 8.01. The Morgan fingerprint density at radius 2 is 2.00 bits per heavy atom. The van der Waals surface area contributed by atoms with Crippen molar-refractivity contribution in [3.05, 3.63) is 18.0 Å². The van der Waals surface area contributed by atoms with Crippen LogP contribution in [0.1, 0.15) is 12.2 Å². The molecule has 1 fully saturated rings. The van der Waals surface area contributed by atoms with E-state index in [-0.39, 0.29) is 6.10 Å². The Balaban J connectivity index is 1.60. The van der Waals surface area contributed by atoms with Crippen LogP contribution in [0.5, 0.6) is 11.5 Å². The molecule has 4 rings (SSSR count). The van der Waals surface area contributed by atoms with Gasteiger partial charge in [-0.2, -0.15) is 0 Å². The highest BCUT2D eigenvalue weighted by Gasteiger charge is 2.18. The number of fused-ring (bicyclic) bond motifs is 2. The van der Waals surface area contributed by atoms with Crippen LogP contribution in [0.4, 0.5) is 0 Å². The Morgan fingerprint density at radius 1 is 1.14 bits per heavy atom. The first kappa shape index (κ1) is 12.9.